The first-order valence-corrected chi connectivity index (χ1v) is 8.72. The molecule has 0 bridgehead atoms. The molecule has 0 aliphatic carbocycles. The fraction of sp³-hybridized carbons (Fsp3) is 0.238. The number of carbonyl (C=O) groups excluding carboxylic acids is 1. The average molecular weight is 350 g/mol. The van der Waals surface area contributed by atoms with Crippen molar-refractivity contribution in [2.24, 2.45) is 0 Å². The van der Waals surface area contributed by atoms with E-state index in [0.29, 0.717) is 30.7 Å². The first-order chi connectivity index (χ1) is 12.6. The summed E-state index contributed by atoms with van der Waals surface area (Å²) in [4.78, 5) is 26.9. The molecule has 5 nitrogen and oxygen atoms in total. The highest BCUT2D eigenvalue weighted by Crippen LogP contribution is 2.16. The van der Waals surface area contributed by atoms with Crippen molar-refractivity contribution in [2.45, 2.75) is 19.4 Å². The van der Waals surface area contributed by atoms with Crippen LogP contribution in [0.4, 0.5) is 0 Å². The van der Waals surface area contributed by atoms with Gasteiger partial charge >= 0.3 is 0 Å². The highest BCUT2D eigenvalue weighted by atomic mass is 16.5. The van der Waals surface area contributed by atoms with Gasteiger partial charge in [0.1, 0.15) is 0 Å². The SMILES string of the molecule is C[C@@H](OCCCNC(=O)c1cc(=O)[nH]c2ccccc12)c1ccccc1. The predicted octanol–water partition coefficient (Wildman–Crippen LogP) is 3.43. The number of amides is 1. The van der Waals surface area contributed by atoms with Crippen LogP contribution >= 0.6 is 0 Å². The summed E-state index contributed by atoms with van der Waals surface area (Å²) < 4.78 is 5.80. The highest BCUT2D eigenvalue weighted by Gasteiger charge is 2.11. The minimum absolute atomic E-state index is 0.0172. The molecule has 1 heterocycles. The number of benzene rings is 2. The molecule has 3 rings (SSSR count). The zero-order chi connectivity index (χ0) is 18.4. The second-order valence-electron chi connectivity index (χ2n) is 6.13. The van der Waals surface area contributed by atoms with E-state index in [0.717, 1.165) is 10.9 Å². The molecule has 0 saturated heterocycles. The molecule has 0 spiro atoms. The lowest BCUT2D eigenvalue weighted by atomic mass is 10.1. The van der Waals surface area contributed by atoms with Crippen LogP contribution in [-0.2, 0) is 4.74 Å². The summed E-state index contributed by atoms with van der Waals surface area (Å²) in [5, 5.41) is 3.59. The number of fused-ring (bicyclic) bond motifs is 1. The van der Waals surface area contributed by atoms with E-state index < -0.39 is 0 Å². The average Bonchev–Trinajstić information content (AvgIpc) is 2.67. The van der Waals surface area contributed by atoms with Gasteiger partial charge < -0.3 is 15.0 Å². The predicted molar refractivity (Wildman–Crippen MR) is 102 cm³/mol. The van der Waals surface area contributed by atoms with Crippen LogP contribution in [0.1, 0.15) is 35.4 Å². The van der Waals surface area contributed by atoms with Crippen LogP contribution in [0.15, 0.2) is 65.5 Å². The van der Waals surface area contributed by atoms with Crippen LogP contribution in [0.25, 0.3) is 10.9 Å². The smallest absolute Gasteiger partial charge is 0.252 e. The molecule has 2 aromatic carbocycles. The van der Waals surface area contributed by atoms with Crippen molar-refractivity contribution in [3.63, 3.8) is 0 Å². The molecule has 0 aliphatic heterocycles. The van der Waals surface area contributed by atoms with Gasteiger partial charge in [0.2, 0.25) is 5.56 Å². The third kappa shape index (κ3) is 4.37. The highest BCUT2D eigenvalue weighted by molar-refractivity contribution is 6.05. The Morgan fingerprint density at radius 3 is 2.65 bits per heavy atom. The Morgan fingerprint density at radius 2 is 1.85 bits per heavy atom. The van der Waals surface area contributed by atoms with Gasteiger partial charge in [-0.15, -0.1) is 0 Å². The van der Waals surface area contributed by atoms with Crippen LogP contribution in [0.5, 0.6) is 0 Å². The summed E-state index contributed by atoms with van der Waals surface area (Å²) in [6, 6.07) is 18.6. The van der Waals surface area contributed by atoms with Gasteiger partial charge in [0.05, 0.1) is 11.7 Å². The molecule has 3 aromatic rings. The maximum Gasteiger partial charge on any atom is 0.252 e. The normalized spacial score (nSPS) is 12.0. The Hall–Kier alpha value is -2.92. The van der Waals surface area contributed by atoms with Gasteiger partial charge in [-0.2, -0.15) is 0 Å². The molecular formula is C21H22N2O3. The van der Waals surface area contributed by atoms with Crippen molar-refractivity contribution in [2.75, 3.05) is 13.2 Å². The Kier molecular flexibility index (Phi) is 5.81. The fourth-order valence-corrected chi connectivity index (χ4v) is 2.84. The summed E-state index contributed by atoms with van der Waals surface area (Å²) in [6.45, 7) is 3.05. The minimum atomic E-state index is -0.283. The van der Waals surface area contributed by atoms with E-state index >= 15 is 0 Å². The summed E-state index contributed by atoms with van der Waals surface area (Å²) in [6.07, 6.45) is 0.716. The molecule has 1 amide bonds. The van der Waals surface area contributed by atoms with E-state index in [2.05, 4.69) is 10.3 Å². The zero-order valence-corrected chi connectivity index (χ0v) is 14.7. The number of aromatic nitrogens is 1. The van der Waals surface area contributed by atoms with Crippen molar-refractivity contribution in [3.8, 4) is 0 Å². The third-order valence-corrected chi connectivity index (χ3v) is 4.24. The van der Waals surface area contributed by atoms with E-state index in [-0.39, 0.29) is 17.6 Å². The molecule has 134 valence electrons. The number of hydrogen-bond donors (Lipinski definition) is 2. The molecule has 0 saturated carbocycles. The number of aromatic amines is 1. The first-order valence-electron chi connectivity index (χ1n) is 8.72. The number of rotatable bonds is 7. The quantitative estimate of drug-likeness (QED) is 0.641. The summed E-state index contributed by atoms with van der Waals surface area (Å²) in [7, 11) is 0. The lowest BCUT2D eigenvalue weighted by Crippen LogP contribution is -2.27. The van der Waals surface area contributed by atoms with Gasteiger partial charge in [0.15, 0.2) is 0 Å². The number of ether oxygens (including phenoxy) is 1. The Morgan fingerprint density at radius 1 is 1.12 bits per heavy atom. The Bertz CT molecular complexity index is 935. The van der Waals surface area contributed by atoms with Gasteiger partial charge in [0.25, 0.3) is 5.91 Å². The fourth-order valence-electron chi connectivity index (χ4n) is 2.84. The van der Waals surface area contributed by atoms with Gasteiger partial charge in [-0.05, 0) is 25.0 Å². The second-order valence-corrected chi connectivity index (χ2v) is 6.13. The lowest BCUT2D eigenvalue weighted by molar-refractivity contribution is 0.0635. The van der Waals surface area contributed by atoms with E-state index in [1.807, 2.05) is 55.5 Å². The van der Waals surface area contributed by atoms with Gasteiger partial charge in [0, 0.05) is 30.1 Å². The maximum atomic E-state index is 12.4. The van der Waals surface area contributed by atoms with Crippen molar-refractivity contribution in [3.05, 3.63) is 82.1 Å². The summed E-state index contributed by atoms with van der Waals surface area (Å²) in [5.74, 6) is -0.247. The minimum Gasteiger partial charge on any atom is -0.374 e. The van der Waals surface area contributed by atoms with Crippen molar-refractivity contribution in [1.82, 2.24) is 10.3 Å². The van der Waals surface area contributed by atoms with Crippen molar-refractivity contribution < 1.29 is 9.53 Å². The monoisotopic (exact) mass is 350 g/mol. The molecule has 1 atom stereocenters. The lowest BCUT2D eigenvalue weighted by Gasteiger charge is -2.13. The molecule has 0 aliphatic rings. The van der Waals surface area contributed by atoms with E-state index in [9.17, 15) is 9.59 Å². The zero-order valence-electron chi connectivity index (χ0n) is 14.7. The Labute approximate surface area is 152 Å². The van der Waals surface area contributed by atoms with E-state index in [1.54, 1.807) is 6.07 Å². The van der Waals surface area contributed by atoms with E-state index in [1.165, 1.54) is 6.07 Å². The van der Waals surface area contributed by atoms with Crippen LogP contribution in [0.2, 0.25) is 0 Å². The molecule has 26 heavy (non-hydrogen) atoms. The van der Waals surface area contributed by atoms with Crippen LogP contribution in [0.3, 0.4) is 0 Å². The first kappa shape index (κ1) is 17.9. The number of H-pyrrole nitrogens is 1. The summed E-state index contributed by atoms with van der Waals surface area (Å²) >= 11 is 0. The number of pyridine rings is 1. The largest absolute Gasteiger partial charge is 0.374 e. The molecule has 5 heteroatoms. The molecular weight excluding hydrogens is 328 g/mol. The van der Waals surface area contributed by atoms with Gasteiger partial charge in [-0.25, -0.2) is 0 Å². The molecule has 0 fully saturated rings. The van der Waals surface area contributed by atoms with Crippen LogP contribution in [0, 0.1) is 0 Å². The molecule has 0 radical (unpaired) electrons. The van der Waals surface area contributed by atoms with E-state index in [4.69, 9.17) is 4.74 Å². The number of carbonyl (C=O) groups is 1. The van der Waals surface area contributed by atoms with Gasteiger partial charge in [-0.3, -0.25) is 9.59 Å². The standard InChI is InChI=1S/C21H22N2O3/c1-15(16-8-3-2-4-9-16)26-13-7-12-22-21(25)18-14-20(24)23-19-11-6-5-10-17(18)19/h2-6,8-11,14-15H,7,12-13H2,1H3,(H,22,25)(H,23,24)/t15-/m1/s1. The van der Waals surface area contributed by atoms with Crippen LogP contribution < -0.4 is 10.9 Å². The number of nitrogens with one attached hydrogen (secondary N) is 2. The molecule has 2 N–H and O–H groups in total. The van der Waals surface area contributed by atoms with Crippen LogP contribution in [-0.4, -0.2) is 24.0 Å². The topological polar surface area (TPSA) is 71.2 Å². The van der Waals surface area contributed by atoms with Gasteiger partial charge in [-0.1, -0.05) is 48.5 Å². The second kappa shape index (κ2) is 8.45. The summed E-state index contributed by atoms with van der Waals surface area (Å²) in [5.41, 5.74) is 1.90. The van der Waals surface area contributed by atoms with Crippen molar-refractivity contribution >= 4 is 16.8 Å². The Balaban J connectivity index is 1.51. The third-order valence-electron chi connectivity index (χ3n) is 4.24. The number of para-hydroxylation sites is 1. The molecule has 0 unspecified atom stereocenters. The number of hydrogen-bond acceptors (Lipinski definition) is 3. The maximum absolute atomic E-state index is 12.4. The molecule has 1 aromatic heterocycles. The van der Waals surface area contributed by atoms with Crippen molar-refractivity contribution in [1.29, 1.82) is 0 Å².